The summed E-state index contributed by atoms with van der Waals surface area (Å²) >= 11 is 11.4. The summed E-state index contributed by atoms with van der Waals surface area (Å²) in [6.07, 6.45) is 4.81. The van der Waals surface area contributed by atoms with Gasteiger partial charge >= 0.3 is 0 Å². The topological polar surface area (TPSA) is 53.1 Å². The fourth-order valence-corrected chi connectivity index (χ4v) is 3.01. The Morgan fingerprint density at radius 3 is 2.90 bits per heavy atom. The van der Waals surface area contributed by atoms with Crippen LogP contribution in [0, 0.1) is 5.92 Å². The average molecular weight is 326 g/mol. The quantitative estimate of drug-likeness (QED) is 0.658. The molecular weight excluding hydrogens is 306 g/mol. The molecule has 1 saturated carbocycles. The number of hydrogen-bond acceptors (Lipinski definition) is 4. The molecule has 1 saturated heterocycles. The van der Waals surface area contributed by atoms with Crippen LogP contribution in [0.25, 0.3) is 0 Å². The number of piperidine rings is 1. The Morgan fingerprint density at radius 1 is 1.38 bits per heavy atom. The second-order valence-electron chi connectivity index (χ2n) is 5.94. The Balaban J connectivity index is 1.70. The van der Waals surface area contributed by atoms with E-state index in [1.807, 2.05) is 6.07 Å². The largest absolute Gasteiger partial charge is 0.360 e. The number of thiocarbonyl (C=S) groups is 1. The normalized spacial score (nSPS) is 22.0. The van der Waals surface area contributed by atoms with Crippen molar-refractivity contribution < 1.29 is 0 Å². The summed E-state index contributed by atoms with van der Waals surface area (Å²) in [6.45, 7) is 4.29. The number of aromatic nitrogens is 2. The van der Waals surface area contributed by atoms with Gasteiger partial charge in [-0.15, -0.1) is 0 Å². The minimum atomic E-state index is 0.440. The van der Waals surface area contributed by atoms with Crippen LogP contribution in [-0.4, -0.2) is 34.2 Å². The second kappa shape index (κ2) is 6.32. The van der Waals surface area contributed by atoms with Crippen molar-refractivity contribution in [2.45, 2.75) is 38.6 Å². The van der Waals surface area contributed by atoms with Crippen LogP contribution in [0.2, 0.25) is 5.15 Å². The molecule has 0 spiro atoms. The van der Waals surface area contributed by atoms with Gasteiger partial charge in [-0.1, -0.05) is 18.5 Å². The van der Waals surface area contributed by atoms with Crippen LogP contribution in [0.5, 0.6) is 0 Å². The molecule has 1 aromatic rings. The van der Waals surface area contributed by atoms with Gasteiger partial charge in [0, 0.05) is 25.2 Å². The molecule has 2 fully saturated rings. The molecule has 0 aromatic carbocycles. The summed E-state index contributed by atoms with van der Waals surface area (Å²) in [4.78, 5) is 11.0. The highest BCUT2D eigenvalue weighted by Crippen LogP contribution is 2.24. The Bertz CT molecular complexity index is 534. The first-order valence-electron chi connectivity index (χ1n) is 7.47. The molecule has 2 heterocycles. The lowest BCUT2D eigenvalue weighted by Gasteiger charge is -2.32. The van der Waals surface area contributed by atoms with Crippen molar-refractivity contribution >= 4 is 40.7 Å². The minimum Gasteiger partial charge on any atom is -0.360 e. The number of nitrogens with one attached hydrogen (secondary N) is 2. The van der Waals surface area contributed by atoms with Gasteiger partial charge in [-0.3, -0.25) is 0 Å². The Morgan fingerprint density at radius 2 is 2.19 bits per heavy atom. The number of anilines is 2. The highest BCUT2D eigenvalue weighted by atomic mass is 35.5. The third kappa shape index (κ3) is 4.17. The minimum absolute atomic E-state index is 0.440. The van der Waals surface area contributed by atoms with E-state index in [1.54, 1.807) is 0 Å². The first-order valence-corrected chi connectivity index (χ1v) is 8.26. The summed E-state index contributed by atoms with van der Waals surface area (Å²) in [6, 6.07) is 2.33. The van der Waals surface area contributed by atoms with Gasteiger partial charge in [0.25, 0.3) is 0 Å². The van der Waals surface area contributed by atoms with Gasteiger partial charge in [0.1, 0.15) is 11.0 Å². The van der Waals surface area contributed by atoms with E-state index in [2.05, 4.69) is 32.4 Å². The molecule has 0 radical (unpaired) electrons. The van der Waals surface area contributed by atoms with Crippen molar-refractivity contribution in [1.82, 2.24) is 15.3 Å². The summed E-state index contributed by atoms with van der Waals surface area (Å²) < 4.78 is 0. The van der Waals surface area contributed by atoms with E-state index in [4.69, 9.17) is 23.8 Å². The van der Waals surface area contributed by atoms with Gasteiger partial charge in [-0.2, -0.15) is 4.98 Å². The molecular formula is C14H20ClN5S. The predicted octanol–water partition coefficient (Wildman–Crippen LogP) is 2.82. The zero-order valence-electron chi connectivity index (χ0n) is 12.1. The predicted molar refractivity (Wildman–Crippen MR) is 90.0 cm³/mol. The molecule has 0 bridgehead atoms. The first-order chi connectivity index (χ1) is 10.1. The summed E-state index contributed by atoms with van der Waals surface area (Å²) in [5.74, 6) is 2.02. The lowest BCUT2D eigenvalue weighted by Crippen LogP contribution is -2.35. The van der Waals surface area contributed by atoms with Gasteiger partial charge < -0.3 is 15.5 Å². The standard InChI is InChI=1S/C14H20ClN5S/c1-9-3-2-6-20(8-9)12-7-11(15)17-13(18-12)19-14(21)16-10-4-5-10/h7,9-10H,2-6,8H2,1H3,(H2,16,17,18,19,21)/t9-/m0/s1. The summed E-state index contributed by atoms with van der Waals surface area (Å²) in [7, 11) is 0. The monoisotopic (exact) mass is 325 g/mol. The molecule has 2 aliphatic rings. The number of nitrogens with zero attached hydrogens (tertiary/aromatic N) is 3. The van der Waals surface area contributed by atoms with Crippen LogP contribution >= 0.6 is 23.8 Å². The molecule has 0 amide bonds. The number of halogens is 1. The van der Waals surface area contributed by atoms with Crippen molar-refractivity contribution in [3.05, 3.63) is 11.2 Å². The van der Waals surface area contributed by atoms with Crippen LogP contribution in [-0.2, 0) is 0 Å². The van der Waals surface area contributed by atoms with E-state index in [-0.39, 0.29) is 0 Å². The van der Waals surface area contributed by atoms with Gasteiger partial charge in [0.15, 0.2) is 5.11 Å². The zero-order chi connectivity index (χ0) is 14.8. The van der Waals surface area contributed by atoms with Crippen molar-refractivity contribution in [3.8, 4) is 0 Å². The van der Waals surface area contributed by atoms with Crippen LogP contribution in [0.4, 0.5) is 11.8 Å². The van der Waals surface area contributed by atoms with Gasteiger partial charge in [-0.25, -0.2) is 4.98 Å². The maximum absolute atomic E-state index is 6.13. The molecule has 7 heteroatoms. The van der Waals surface area contributed by atoms with E-state index in [0.29, 0.717) is 28.2 Å². The molecule has 1 aromatic heterocycles. The maximum atomic E-state index is 6.13. The van der Waals surface area contributed by atoms with E-state index in [1.165, 1.54) is 25.7 Å². The van der Waals surface area contributed by atoms with Crippen molar-refractivity contribution in [1.29, 1.82) is 0 Å². The molecule has 5 nitrogen and oxygen atoms in total. The third-order valence-electron chi connectivity index (χ3n) is 3.80. The van der Waals surface area contributed by atoms with E-state index in [0.717, 1.165) is 18.9 Å². The Kier molecular flexibility index (Phi) is 4.45. The van der Waals surface area contributed by atoms with E-state index in [9.17, 15) is 0 Å². The van der Waals surface area contributed by atoms with Gasteiger partial charge in [0.2, 0.25) is 5.95 Å². The maximum Gasteiger partial charge on any atom is 0.232 e. The molecule has 3 rings (SSSR count). The Labute approximate surface area is 135 Å². The molecule has 0 unspecified atom stereocenters. The zero-order valence-corrected chi connectivity index (χ0v) is 13.7. The highest BCUT2D eigenvalue weighted by Gasteiger charge is 2.22. The fourth-order valence-electron chi connectivity index (χ4n) is 2.57. The van der Waals surface area contributed by atoms with Crippen LogP contribution in [0.1, 0.15) is 32.6 Å². The fraction of sp³-hybridized carbons (Fsp3) is 0.643. The molecule has 1 aliphatic carbocycles. The third-order valence-corrected chi connectivity index (χ3v) is 4.21. The number of hydrogen-bond donors (Lipinski definition) is 2. The second-order valence-corrected chi connectivity index (χ2v) is 6.73. The average Bonchev–Trinajstić information content (AvgIpc) is 3.21. The van der Waals surface area contributed by atoms with Crippen LogP contribution < -0.4 is 15.5 Å². The summed E-state index contributed by atoms with van der Waals surface area (Å²) in [5.41, 5.74) is 0. The van der Waals surface area contributed by atoms with Gasteiger partial charge in [-0.05, 0) is 43.8 Å². The van der Waals surface area contributed by atoms with Gasteiger partial charge in [0.05, 0.1) is 0 Å². The molecule has 1 aliphatic heterocycles. The lowest BCUT2D eigenvalue weighted by atomic mass is 10.0. The van der Waals surface area contributed by atoms with Crippen molar-refractivity contribution in [2.75, 3.05) is 23.3 Å². The number of rotatable bonds is 3. The molecule has 2 N–H and O–H groups in total. The van der Waals surface area contributed by atoms with E-state index < -0.39 is 0 Å². The molecule has 1 atom stereocenters. The summed E-state index contributed by atoms with van der Waals surface area (Å²) in [5, 5.41) is 7.25. The van der Waals surface area contributed by atoms with Crippen molar-refractivity contribution in [3.63, 3.8) is 0 Å². The smallest absolute Gasteiger partial charge is 0.232 e. The SMILES string of the molecule is C[C@H]1CCCN(c2cc(Cl)nc(NC(=S)NC3CC3)n2)C1. The van der Waals surface area contributed by atoms with Crippen LogP contribution in [0.15, 0.2) is 6.07 Å². The first kappa shape index (κ1) is 14.8. The lowest BCUT2D eigenvalue weighted by molar-refractivity contribution is 0.444. The highest BCUT2D eigenvalue weighted by molar-refractivity contribution is 7.80. The van der Waals surface area contributed by atoms with Crippen LogP contribution in [0.3, 0.4) is 0 Å². The Hall–Kier alpha value is -1.14. The van der Waals surface area contributed by atoms with E-state index >= 15 is 0 Å². The molecule has 21 heavy (non-hydrogen) atoms. The van der Waals surface area contributed by atoms with Crippen molar-refractivity contribution in [2.24, 2.45) is 5.92 Å². The molecule has 114 valence electrons.